The zero-order chi connectivity index (χ0) is 22.4. The number of hydrogen-bond donors (Lipinski definition) is 1. The molecule has 1 saturated heterocycles. The first-order chi connectivity index (χ1) is 15.0. The summed E-state index contributed by atoms with van der Waals surface area (Å²) >= 11 is 1.65. The second kappa shape index (κ2) is 10.8. The first-order valence-corrected chi connectivity index (χ1v) is 11.8. The molecule has 7 heteroatoms. The van der Waals surface area contributed by atoms with E-state index in [1.165, 1.54) is 5.56 Å². The highest BCUT2D eigenvalue weighted by Crippen LogP contribution is 2.39. The molecule has 168 valence electrons. The van der Waals surface area contributed by atoms with Crippen molar-refractivity contribution < 1.29 is 14.3 Å². The smallest absolute Gasteiger partial charge is 0.226 e. The summed E-state index contributed by atoms with van der Waals surface area (Å²) in [5.74, 6) is 0.355. The van der Waals surface area contributed by atoms with E-state index in [0.717, 1.165) is 24.2 Å². The number of unbranched alkanes of at least 4 members (excludes halogenated alkanes) is 1. The number of ether oxygens (including phenoxy) is 1. The minimum atomic E-state index is -0.400. The van der Waals surface area contributed by atoms with Crippen molar-refractivity contribution in [3.63, 3.8) is 0 Å². The lowest BCUT2D eigenvalue weighted by Crippen LogP contribution is -2.39. The van der Waals surface area contributed by atoms with Gasteiger partial charge in [-0.25, -0.2) is 0 Å². The summed E-state index contributed by atoms with van der Waals surface area (Å²) in [5, 5.41) is 7.30. The molecular formula is C24H33N3O3S. The Labute approximate surface area is 189 Å². The molecule has 2 heterocycles. The van der Waals surface area contributed by atoms with Crippen LogP contribution in [0, 0.1) is 5.92 Å². The van der Waals surface area contributed by atoms with Crippen LogP contribution in [0.2, 0.25) is 0 Å². The molecule has 3 unspecified atom stereocenters. The van der Waals surface area contributed by atoms with Crippen LogP contribution in [-0.4, -0.2) is 55.9 Å². The molecule has 0 bridgehead atoms. The quantitative estimate of drug-likeness (QED) is 0.606. The summed E-state index contributed by atoms with van der Waals surface area (Å²) in [7, 11) is 5.66. The molecule has 2 aromatic rings. The van der Waals surface area contributed by atoms with Crippen molar-refractivity contribution in [2.45, 2.75) is 38.3 Å². The van der Waals surface area contributed by atoms with Crippen molar-refractivity contribution in [3.05, 3.63) is 52.2 Å². The van der Waals surface area contributed by atoms with Crippen LogP contribution >= 0.6 is 11.3 Å². The maximum absolute atomic E-state index is 13.3. The largest absolute Gasteiger partial charge is 0.497 e. The molecule has 1 aromatic carbocycles. The van der Waals surface area contributed by atoms with E-state index in [4.69, 9.17) is 4.74 Å². The number of hydrogen-bond acceptors (Lipinski definition) is 5. The zero-order valence-corrected chi connectivity index (χ0v) is 19.7. The van der Waals surface area contributed by atoms with Gasteiger partial charge in [-0.05, 0) is 60.6 Å². The minimum absolute atomic E-state index is 0.0522. The van der Waals surface area contributed by atoms with Gasteiger partial charge in [0.2, 0.25) is 11.8 Å². The molecule has 31 heavy (non-hydrogen) atoms. The van der Waals surface area contributed by atoms with E-state index in [2.05, 4.69) is 34.0 Å². The number of amides is 2. The second-order valence-corrected chi connectivity index (χ2v) is 9.03. The van der Waals surface area contributed by atoms with Gasteiger partial charge < -0.3 is 19.9 Å². The molecule has 3 rings (SSSR count). The van der Waals surface area contributed by atoms with Gasteiger partial charge in [0.05, 0.1) is 25.1 Å². The van der Waals surface area contributed by atoms with Crippen LogP contribution in [0.25, 0.3) is 0 Å². The second-order valence-electron chi connectivity index (χ2n) is 8.25. The number of carbonyl (C=O) groups is 2. The number of nitrogens with zero attached hydrogens (tertiary/aromatic N) is 2. The molecular weight excluding hydrogens is 410 g/mol. The number of carbonyl (C=O) groups excluding carboxylic acids is 2. The molecule has 1 N–H and O–H groups in total. The summed E-state index contributed by atoms with van der Waals surface area (Å²) in [6, 6.07) is 9.66. The highest BCUT2D eigenvalue weighted by molar-refractivity contribution is 7.07. The molecule has 0 radical (unpaired) electrons. The van der Waals surface area contributed by atoms with E-state index in [-0.39, 0.29) is 30.3 Å². The lowest BCUT2D eigenvalue weighted by Gasteiger charge is -2.29. The molecule has 1 fully saturated rings. The molecule has 0 saturated carbocycles. The van der Waals surface area contributed by atoms with Crippen LogP contribution in [-0.2, 0) is 9.59 Å². The summed E-state index contributed by atoms with van der Waals surface area (Å²) < 4.78 is 5.28. The maximum atomic E-state index is 13.3. The average Bonchev–Trinajstić information content (AvgIpc) is 3.40. The summed E-state index contributed by atoms with van der Waals surface area (Å²) in [4.78, 5) is 30.1. The van der Waals surface area contributed by atoms with E-state index < -0.39 is 5.92 Å². The number of benzene rings is 1. The van der Waals surface area contributed by atoms with E-state index in [1.54, 1.807) is 18.4 Å². The Bertz CT molecular complexity index is 851. The van der Waals surface area contributed by atoms with Gasteiger partial charge in [0.25, 0.3) is 0 Å². The van der Waals surface area contributed by atoms with Crippen molar-refractivity contribution in [1.82, 2.24) is 15.1 Å². The predicted molar refractivity (Wildman–Crippen MR) is 124 cm³/mol. The van der Waals surface area contributed by atoms with Gasteiger partial charge in [0.1, 0.15) is 5.75 Å². The monoisotopic (exact) mass is 443 g/mol. The fourth-order valence-electron chi connectivity index (χ4n) is 4.22. The lowest BCUT2D eigenvalue weighted by molar-refractivity contribution is -0.129. The number of methoxy groups -OCH3 is 1. The molecule has 1 aromatic heterocycles. The molecule has 1 aliphatic heterocycles. The first kappa shape index (κ1) is 23.3. The van der Waals surface area contributed by atoms with Crippen molar-refractivity contribution >= 4 is 23.2 Å². The van der Waals surface area contributed by atoms with Gasteiger partial charge in [-0.2, -0.15) is 11.3 Å². The lowest BCUT2D eigenvalue weighted by atomic mass is 9.92. The topological polar surface area (TPSA) is 61.9 Å². The Hall–Kier alpha value is -2.38. The first-order valence-electron chi connectivity index (χ1n) is 10.9. The van der Waals surface area contributed by atoms with Crippen LogP contribution in [0.3, 0.4) is 0 Å². The van der Waals surface area contributed by atoms with Crippen LogP contribution in [0.15, 0.2) is 41.1 Å². The Balaban J connectivity index is 1.79. The molecule has 6 nitrogen and oxygen atoms in total. The van der Waals surface area contributed by atoms with Crippen molar-refractivity contribution in [1.29, 1.82) is 0 Å². The molecule has 3 atom stereocenters. The van der Waals surface area contributed by atoms with E-state index in [0.29, 0.717) is 13.1 Å². The number of rotatable bonds is 10. The zero-order valence-electron chi connectivity index (χ0n) is 18.8. The van der Waals surface area contributed by atoms with Gasteiger partial charge in [0, 0.05) is 19.5 Å². The number of likely N-dealkylation sites (tertiary alicyclic amines) is 1. The van der Waals surface area contributed by atoms with Gasteiger partial charge >= 0.3 is 0 Å². The Kier molecular flexibility index (Phi) is 8.09. The number of thiophene rings is 1. The van der Waals surface area contributed by atoms with Gasteiger partial charge in [-0.1, -0.05) is 25.5 Å². The third kappa shape index (κ3) is 5.46. The number of nitrogens with one attached hydrogen (secondary N) is 1. The number of likely N-dealkylation sites (N-methyl/N-ethyl adjacent to an activating group) is 1. The Morgan fingerprint density at radius 3 is 2.61 bits per heavy atom. The summed E-state index contributed by atoms with van der Waals surface area (Å²) in [6.45, 7) is 3.29. The Morgan fingerprint density at radius 1 is 1.29 bits per heavy atom. The van der Waals surface area contributed by atoms with Crippen molar-refractivity contribution in [2.24, 2.45) is 5.92 Å². The predicted octanol–water partition coefficient (Wildman–Crippen LogP) is 3.87. The highest BCUT2D eigenvalue weighted by atomic mass is 32.1. The highest BCUT2D eigenvalue weighted by Gasteiger charge is 2.44. The van der Waals surface area contributed by atoms with Crippen molar-refractivity contribution in [2.75, 3.05) is 34.3 Å². The molecule has 0 aliphatic carbocycles. The fraction of sp³-hybridized carbons (Fsp3) is 0.500. The fourth-order valence-corrected chi connectivity index (χ4v) is 4.93. The third-order valence-electron chi connectivity index (χ3n) is 6.00. The van der Waals surface area contributed by atoms with Crippen LogP contribution in [0.4, 0.5) is 0 Å². The van der Waals surface area contributed by atoms with Gasteiger partial charge in [0.15, 0.2) is 0 Å². The van der Waals surface area contributed by atoms with E-state index in [1.807, 2.05) is 43.3 Å². The van der Waals surface area contributed by atoms with Gasteiger partial charge in [-0.15, -0.1) is 0 Å². The van der Waals surface area contributed by atoms with Crippen LogP contribution in [0.5, 0.6) is 5.75 Å². The average molecular weight is 444 g/mol. The van der Waals surface area contributed by atoms with Crippen LogP contribution < -0.4 is 10.1 Å². The summed E-state index contributed by atoms with van der Waals surface area (Å²) in [6.07, 6.45) is 2.17. The van der Waals surface area contributed by atoms with E-state index >= 15 is 0 Å². The van der Waals surface area contributed by atoms with Crippen LogP contribution in [0.1, 0.15) is 49.4 Å². The molecule has 0 spiro atoms. The SMILES string of the molecule is CCCCN1C(=O)CC(C(=O)NCC(c2ccsc2)N(C)C)C1c1ccc(OC)cc1. The normalized spacial score (nSPS) is 19.6. The molecule has 1 aliphatic rings. The van der Waals surface area contributed by atoms with Gasteiger partial charge in [-0.3, -0.25) is 9.59 Å². The van der Waals surface area contributed by atoms with Crippen molar-refractivity contribution in [3.8, 4) is 5.75 Å². The standard InChI is InChI=1S/C24H33N3O3S/c1-5-6-12-27-22(28)14-20(23(27)17-7-9-19(30-4)10-8-17)24(29)25-15-21(26(2)3)18-11-13-31-16-18/h7-11,13,16,20-21,23H,5-6,12,14-15H2,1-4H3,(H,25,29). The maximum Gasteiger partial charge on any atom is 0.226 e. The summed E-state index contributed by atoms with van der Waals surface area (Å²) in [5.41, 5.74) is 2.17. The Morgan fingerprint density at radius 2 is 2.03 bits per heavy atom. The molecule has 2 amide bonds. The third-order valence-corrected chi connectivity index (χ3v) is 6.70. The van der Waals surface area contributed by atoms with E-state index in [9.17, 15) is 9.59 Å². The minimum Gasteiger partial charge on any atom is -0.497 e.